The van der Waals surface area contributed by atoms with E-state index < -0.39 is 5.60 Å². The van der Waals surface area contributed by atoms with Gasteiger partial charge in [0, 0.05) is 12.6 Å². The van der Waals surface area contributed by atoms with Gasteiger partial charge in [0.2, 0.25) is 0 Å². The molecule has 0 heterocycles. The minimum absolute atomic E-state index is 0.310. The molecule has 1 N–H and O–H groups in total. The van der Waals surface area contributed by atoms with Crippen LogP contribution >= 0.6 is 0 Å². The zero-order valence-corrected chi connectivity index (χ0v) is 12.6. The molecule has 2 nitrogen and oxygen atoms in total. The predicted molar refractivity (Wildman–Crippen MR) is 74.1 cm³/mol. The molecule has 1 saturated carbocycles. The zero-order chi connectivity index (χ0) is 13.3. The first kappa shape index (κ1) is 15.0. The first-order chi connectivity index (χ1) is 7.64. The second-order valence-electron chi connectivity index (χ2n) is 7.32. The molecule has 17 heavy (non-hydrogen) atoms. The van der Waals surface area contributed by atoms with E-state index in [2.05, 4.69) is 39.6 Å². The minimum Gasteiger partial charge on any atom is -0.389 e. The molecule has 1 rings (SSSR count). The monoisotopic (exact) mass is 241 g/mol. The van der Waals surface area contributed by atoms with Gasteiger partial charge < -0.3 is 10.0 Å². The van der Waals surface area contributed by atoms with Gasteiger partial charge in [-0.05, 0) is 51.0 Å². The SMILES string of the molecule is CC(C)C(C)(O)CN(C)C1CCC(C)(C)CC1. The van der Waals surface area contributed by atoms with Crippen LogP contribution in [-0.4, -0.2) is 35.2 Å². The van der Waals surface area contributed by atoms with Crippen LogP contribution in [0.2, 0.25) is 0 Å². The molecule has 1 fully saturated rings. The molecule has 0 aromatic rings. The number of rotatable bonds is 4. The Morgan fingerprint density at radius 2 is 1.76 bits per heavy atom. The summed E-state index contributed by atoms with van der Waals surface area (Å²) in [5.74, 6) is 0.310. The van der Waals surface area contributed by atoms with E-state index in [9.17, 15) is 5.11 Å². The van der Waals surface area contributed by atoms with Gasteiger partial charge in [-0.3, -0.25) is 0 Å². The summed E-state index contributed by atoms with van der Waals surface area (Å²) in [6.07, 6.45) is 5.17. The van der Waals surface area contributed by atoms with E-state index in [-0.39, 0.29) is 0 Å². The van der Waals surface area contributed by atoms with Crippen LogP contribution in [0, 0.1) is 11.3 Å². The summed E-state index contributed by atoms with van der Waals surface area (Å²) < 4.78 is 0. The van der Waals surface area contributed by atoms with Gasteiger partial charge in [-0.2, -0.15) is 0 Å². The molecule has 2 heteroatoms. The van der Waals surface area contributed by atoms with Crippen LogP contribution in [0.1, 0.15) is 60.3 Å². The van der Waals surface area contributed by atoms with Crippen LogP contribution in [0.25, 0.3) is 0 Å². The van der Waals surface area contributed by atoms with Gasteiger partial charge in [-0.25, -0.2) is 0 Å². The van der Waals surface area contributed by atoms with E-state index in [0.717, 1.165) is 6.54 Å². The molecule has 1 atom stereocenters. The van der Waals surface area contributed by atoms with Crippen molar-refractivity contribution in [2.45, 2.75) is 71.9 Å². The standard InChI is InChI=1S/C15H31NO/c1-12(2)15(5,17)11-16(6)13-7-9-14(3,4)10-8-13/h12-13,17H,7-11H2,1-6H3. The van der Waals surface area contributed by atoms with Crippen LogP contribution in [0.3, 0.4) is 0 Å². The average molecular weight is 241 g/mol. The van der Waals surface area contributed by atoms with Crippen molar-refractivity contribution in [2.24, 2.45) is 11.3 Å². The Bertz CT molecular complexity index is 235. The largest absolute Gasteiger partial charge is 0.389 e. The third kappa shape index (κ3) is 4.26. The molecule has 0 bridgehead atoms. The Balaban J connectivity index is 2.47. The molecular formula is C15H31NO. The lowest BCUT2D eigenvalue weighted by Gasteiger charge is -2.41. The summed E-state index contributed by atoms with van der Waals surface area (Å²) in [4.78, 5) is 2.37. The van der Waals surface area contributed by atoms with Crippen molar-refractivity contribution in [3.63, 3.8) is 0 Å². The third-order valence-corrected chi connectivity index (χ3v) is 4.75. The molecule has 102 valence electrons. The smallest absolute Gasteiger partial charge is 0.0768 e. The Kier molecular flexibility index (Phi) is 4.65. The Morgan fingerprint density at radius 3 is 2.18 bits per heavy atom. The molecule has 1 unspecified atom stereocenters. The molecule has 1 aliphatic rings. The molecule has 0 amide bonds. The van der Waals surface area contributed by atoms with Crippen molar-refractivity contribution >= 4 is 0 Å². The van der Waals surface area contributed by atoms with E-state index >= 15 is 0 Å². The highest BCUT2D eigenvalue weighted by atomic mass is 16.3. The number of hydrogen-bond donors (Lipinski definition) is 1. The summed E-state index contributed by atoms with van der Waals surface area (Å²) >= 11 is 0. The lowest BCUT2D eigenvalue weighted by atomic mass is 9.75. The van der Waals surface area contributed by atoms with Crippen LogP contribution in [0.15, 0.2) is 0 Å². The van der Waals surface area contributed by atoms with Gasteiger partial charge in [0.15, 0.2) is 0 Å². The van der Waals surface area contributed by atoms with Crippen molar-refractivity contribution < 1.29 is 5.11 Å². The van der Waals surface area contributed by atoms with E-state index in [0.29, 0.717) is 17.4 Å². The highest BCUT2D eigenvalue weighted by Gasteiger charge is 2.32. The second kappa shape index (κ2) is 5.27. The van der Waals surface area contributed by atoms with Crippen molar-refractivity contribution in [1.29, 1.82) is 0 Å². The van der Waals surface area contributed by atoms with Crippen molar-refractivity contribution in [1.82, 2.24) is 4.90 Å². The van der Waals surface area contributed by atoms with E-state index in [1.165, 1.54) is 25.7 Å². The fourth-order valence-electron chi connectivity index (χ4n) is 2.64. The Hall–Kier alpha value is -0.0800. The molecule has 0 aliphatic heterocycles. The molecule has 0 aromatic carbocycles. The van der Waals surface area contributed by atoms with Gasteiger partial charge >= 0.3 is 0 Å². The Morgan fingerprint density at radius 1 is 1.29 bits per heavy atom. The zero-order valence-electron chi connectivity index (χ0n) is 12.6. The van der Waals surface area contributed by atoms with Crippen LogP contribution < -0.4 is 0 Å². The maximum Gasteiger partial charge on any atom is 0.0768 e. The van der Waals surface area contributed by atoms with Crippen molar-refractivity contribution in [3.8, 4) is 0 Å². The number of nitrogens with zero attached hydrogens (tertiary/aromatic N) is 1. The van der Waals surface area contributed by atoms with Gasteiger partial charge in [0.25, 0.3) is 0 Å². The van der Waals surface area contributed by atoms with Gasteiger partial charge in [0.05, 0.1) is 5.60 Å². The second-order valence-corrected chi connectivity index (χ2v) is 7.32. The van der Waals surface area contributed by atoms with Gasteiger partial charge in [-0.1, -0.05) is 27.7 Å². The number of likely N-dealkylation sites (N-methyl/N-ethyl adjacent to an activating group) is 1. The summed E-state index contributed by atoms with van der Waals surface area (Å²) in [5, 5.41) is 10.4. The van der Waals surface area contributed by atoms with E-state index in [1.54, 1.807) is 0 Å². The molecule has 0 radical (unpaired) electrons. The fourth-order valence-corrected chi connectivity index (χ4v) is 2.64. The molecular weight excluding hydrogens is 210 g/mol. The normalized spacial score (nSPS) is 25.2. The third-order valence-electron chi connectivity index (χ3n) is 4.75. The van der Waals surface area contributed by atoms with Crippen molar-refractivity contribution in [2.75, 3.05) is 13.6 Å². The average Bonchev–Trinajstić information content (AvgIpc) is 2.16. The molecule has 0 saturated heterocycles. The van der Waals surface area contributed by atoms with Crippen LogP contribution in [-0.2, 0) is 0 Å². The van der Waals surface area contributed by atoms with Gasteiger partial charge in [-0.15, -0.1) is 0 Å². The lowest BCUT2D eigenvalue weighted by molar-refractivity contribution is -0.0289. The van der Waals surface area contributed by atoms with Crippen LogP contribution in [0.5, 0.6) is 0 Å². The Labute approximate surface area is 107 Å². The van der Waals surface area contributed by atoms with Crippen molar-refractivity contribution in [3.05, 3.63) is 0 Å². The maximum atomic E-state index is 10.4. The number of aliphatic hydroxyl groups is 1. The first-order valence-electron chi connectivity index (χ1n) is 7.07. The predicted octanol–water partition coefficient (Wildman–Crippen LogP) is 3.29. The topological polar surface area (TPSA) is 23.5 Å². The lowest BCUT2D eigenvalue weighted by Crippen LogP contribution is -2.48. The fraction of sp³-hybridized carbons (Fsp3) is 1.00. The minimum atomic E-state index is -0.568. The highest BCUT2D eigenvalue weighted by Crippen LogP contribution is 2.37. The quantitative estimate of drug-likeness (QED) is 0.816. The summed E-state index contributed by atoms with van der Waals surface area (Å²) in [6, 6.07) is 0.660. The summed E-state index contributed by atoms with van der Waals surface area (Å²) in [6.45, 7) is 11.7. The van der Waals surface area contributed by atoms with Gasteiger partial charge in [0.1, 0.15) is 0 Å². The van der Waals surface area contributed by atoms with E-state index in [1.807, 2.05) is 6.92 Å². The summed E-state index contributed by atoms with van der Waals surface area (Å²) in [7, 11) is 2.17. The molecule has 1 aliphatic carbocycles. The van der Waals surface area contributed by atoms with Crippen LogP contribution in [0.4, 0.5) is 0 Å². The highest BCUT2D eigenvalue weighted by molar-refractivity contribution is 4.87. The molecule has 0 aromatic heterocycles. The number of hydrogen-bond acceptors (Lipinski definition) is 2. The summed E-state index contributed by atoms with van der Waals surface area (Å²) in [5.41, 5.74) is -0.0420. The molecule has 0 spiro atoms. The maximum absolute atomic E-state index is 10.4. The first-order valence-corrected chi connectivity index (χ1v) is 7.07. The van der Waals surface area contributed by atoms with E-state index in [4.69, 9.17) is 0 Å².